The van der Waals surface area contributed by atoms with Crippen LogP contribution in [0.3, 0.4) is 0 Å². The standard InChI is InChI=1S/C15H13Cl2FO/c1-15(19,12-4-2-3-5-14(12)18)9-10-8-11(16)6-7-13(10)17/h2-8,19H,9H2,1H3. The molecule has 0 aliphatic heterocycles. The third-order valence-electron chi connectivity index (χ3n) is 3.00. The van der Waals surface area contributed by atoms with Crippen molar-refractivity contribution in [1.82, 2.24) is 0 Å². The van der Waals surface area contributed by atoms with Crippen molar-refractivity contribution >= 4 is 23.2 Å². The highest BCUT2D eigenvalue weighted by atomic mass is 35.5. The maximum atomic E-state index is 13.7. The van der Waals surface area contributed by atoms with Crippen LogP contribution in [0, 0.1) is 5.82 Å². The van der Waals surface area contributed by atoms with Gasteiger partial charge in [-0.2, -0.15) is 0 Å². The fourth-order valence-electron chi connectivity index (χ4n) is 2.04. The lowest BCUT2D eigenvalue weighted by molar-refractivity contribution is 0.0538. The maximum Gasteiger partial charge on any atom is 0.129 e. The molecule has 100 valence electrons. The van der Waals surface area contributed by atoms with Gasteiger partial charge in [0.25, 0.3) is 0 Å². The highest BCUT2D eigenvalue weighted by Crippen LogP contribution is 2.31. The summed E-state index contributed by atoms with van der Waals surface area (Å²) in [6.45, 7) is 1.56. The van der Waals surface area contributed by atoms with Crippen molar-refractivity contribution in [3.8, 4) is 0 Å². The maximum absolute atomic E-state index is 13.7. The van der Waals surface area contributed by atoms with Gasteiger partial charge in [-0.3, -0.25) is 0 Å². The molecule has 0 heterocycles. The monoisotopic (exact) mass is 298 g/mol. The average molecular weight is 299 g/mol. The van der Waals surface area contributed by atoms with E-state index in [0.717, 1.165) is 0 Å². The molecule has 4 heteroatoms. The van der Waals surface area contributed by atoms with E-state index in [1.165, 1.54) is 6.07 Å². The van der Waals surface area contributed by atoms with Crippen LogP contribution >= 0.6 is 23.2 Å². The molecule has 0 aromatic heterocycles. The number of hydrogen-bond donors (Lipinski definition) is 1. The second-order valence-corrected chi connectivity index (χ2v) is 5.51. The molecule has 0 aliphatic rings. The van der Waals surface area contributed by atoms with Gasteiger partial charge in [0.15, 0.2) is 0 Å². The second-order valence-electron chi connectivity index (χ2n) is 4.67. The smallest absolute Gasteiger partial charge is 0.129 e. The van der Waals surface area contributed by atoms with Gasteiger partial charge in [-0.1, -0.05) is 41.4 Å². The van der Waals surface area contributed by atoms with Gasteiger partial charge in [0.1, 0.15) is 5.82 Å². The van der Waals surface area contributed by atoms with Crippen molar-refractivity contribution in [2.75, 3.05) is 0 Å². The molecule has 0 bridgehead atoms. The molecule has 1 atom stereocenters. The summed E-state index contributed by atoms with van der Waals surface area (Å²) in [5, 5.41) is 11.5. The second kappa shape index (κ2) is 5.49. The highest BCUT2D eigenvalue weighted by Gasteiger charge is 2.27. The zero-order chi connectivity index (χ0) is 14.0. The summed E-state index contributed by atoms with van der Waals surface area (Å²) >= 11 is 12.0. The van der Waals surface area contributed by atoms with Crippen molar-refractivity contribution in [1.29, 1.82) is 0 Å². The molecule has 2 rings (SSSR count). The quantitative estimate of drug-likeness (QED) is 0.879. The van der Waals surface area contributed by atoms with Crippen molar-refractivity contribution < 1.29 is 9.50 Å². The minimum Gasteiger partial charge on any atom is -0.385 e. The molecule has 1 N–H and O–H groups in total. The number of aliphatic hydroxyl groups is 1. The normalized spacial score (nSPS) is 14.2. The first-order chi connectivity index (χ1) is 8.90. The van der Waals surface area contributed by atoms with Crippen LogP contribution in [-0.4, -0.2) is 5.11 Å². The molecule has 1 nitrogen and oxygen atoms in total. The van der Waals surface area contributed by atoms with Gasteiger partial charge < -0.3 is 5.11 Å². The Kier molecular flexibility index (Phi) is 4.14. The predicted molar refractivity (Wildman–Crippen MR) is 76.1 cm³/mol. The summed E-state index contributed by atoms with van der Waals surface area (Å²) in [5.41, 5.74) is -0.423. The third-order valence-corrected chi connectivity index (χ3v) is 3.60. The first kappa shape index (κ1) is 14.3. The number of hydrogen-bond acceptors (Lipinski definition) is 1. The van der Waals surface area contributed by atoms with E-state index in [9.17, 15) is 9.50 Å². The minimum atomic E-state index is -1.35. The van der Waals surface area contributed by atoms with Gasteiger partial charge in [0.2, 0.25) is 0 Å². The van der Waals surface area contributed by atoms with Crippen molar-refractivity contribution in [3.05, 3.63) is 69.5 Å². The Bertz CT molecular complexity index is 596. The molecule has 0 spiro atoms. The fourth-order valence-corrected chi connectivity index (χ4v) is 2.42. The lowest BCUT2D eigenvalue weighted by Crippen LogP contribution is -2.25. The van der Waals surface area contributed by atoms with Crippen LogP contribution < -0.4 is 0 Å². The lowest BCUT2D eigenvalue weighted by atomic mass is 9.88. The van der Waals surface area contributed by atoms with E-state index >= 15 is 0 Å². The fraction of sp³-hybridized carbons (Fsp3) is 0.200. The van der Waals surface area contributed by atoms with E-state index in [-0.39, 0.29) is 12.0 Å². The summed E-state index contributed by atoms with van der Waals surface area (Å²) in [4.78, 5) is 0. The van der Waals surface area contributed by atoms with Crippen LogP contribution in [-0.2, 0) is 12.0 Å². The Morgan fingerprint density at radius 3 is 2.53 bits per heavy atom. The molecule has 0 saturated heterocycles. The van der Waals surface area contributed by atoms with Gasteiger partial charge in [-0.25, -0.2) is 4.39 Å². The highest BCUT2D eigenvalue weighted by molar-refractivity contribution is 6.33. The van der Waals surface area contributed by atoms with Crippen LogP contribution in [0.15, 0.2) is 42.5 Å². The number of benzene rings is 2. The topological polar surface area (TPSA) is 20.2 Å². The third kappa shape index (κ3) is 3.27. The van der Waals surface area contributed by atoms with E-state index in [4.69, 9.17) is 23.2 Å². The lowest BCUT2D eigenvalue weighted by Gasteiger charge is -2.25. The number of rotatable bonds is 3. The van der Waals surface area contributed by atoms with Gasteiger partial charge in [0.05, 0.1) is 5.60 Å². The van der Waals surface area contributed by atoms with E-state index in [2.05, 4.69) is 0 Å². The summed E-state index contributed by atoms with van der Waals surface area (Å²) in [6.07, 6.45) is 0.188. The van der Waals surface area contributed by atoms with Gasteiger partial charge in [-0.05, 0) is 36.8 Å². The zero-order valence-electron chi connectivity index (χ0n) is 10.3. The first-order valence-electron chi connectivity index (χ1n) is 5.81. The molecule has 2 aromatic carbocycles. The largest absolute Gasteiger partial charge is 0.385 e. The minimum absolute atomic E-state index is 0.188. The van der Waals surface area contributed by atoms with Crippen LogP contribution in [0.1, 0.15) is 18.1 Å². The predicted octanol–water partition coefficient (Wildman–Crippen LogP) is 4.58. The van der Waals surface area contributed by atoms with E-state index in [1.54, 1.807) is 43.3 Å². The molecule has 1 unspecified atom stereocenters. The molecule has 0 fully saturated rings. The van der Waals surface area contributed by atoms with Crippen LogP contribution in [0.5, 0.6) is 0 Å². The van der Waals surface area contributed by atoms with Gasteiger partial charge in [0, 0.05) is 22.0 Å². The summed E-state index contributed by atoms with van der Waals surface area (Å²) in [5.74, 6) is -0.439. The Morgan fingerprint density at radius 2 is 1.84 bits per heavy atom. The average Bonchev–Trinajstić information content (AvgIpc) is 2.34. The van der Waals surface area contributed by atoms with Crippen LogP contribution in [0.2, 0.25) is 10.0 Å². The van der Waals surface area contributed by atoms with Crippen molar-refractivity contribution in [3.63, 3.8) is 0 Å². The van der Waals surface area contributed by atoms with E-state index < -0.39 is 11.4 Å². The Hall–Kier alpha value is -1.09. The van der Waals surface area contributed by atoms with Crippen molar-refractivity contribution in [2.24, 2.45) is 0 Å². The molecular weight excluding hydrogens is 286 g/mol. The Balaban J connectivity index is 2.36. The number of halogens is 3. The van der Waals surface area contributed by atoms with Crippen LogP contribution in [0.4, 0.5) is 4.39 Å². The summed E-state index contributed by atoms with van der Waals surface area (Å²) < 4.78 is 13.7. The molecular formula is C15H13Cl2FO. The van der Waals surface area contributed by atoms with E-state index in [1.807, 2.05) is 0 Å². The molecule has 0 saturated carbocycles. The van der Waals surface area contributed by atoms with Gasteiger partial charge in [-0.15, -0.1) is 0 Å². The molecule has 19 heavy (non-hydrogen) atoms. The zero-order valence-corrected chi connectivity index (χ0v) is 11.8. The Morgan fingerprint density at radius 1 is 1.16 bits per heavy atom. The van der Waals surface area contributed by atoms with Crippen molar-refractivity contribution in [2.45, 2.75) is 18.9 Å². The van der Waals surface area contributed by atoms with Gasteiger partial charge >= 0.3 is 0 Å². The summed E-state index contributed by atoms with van der Waals surface area (Å²) in [7, 11) is 0. The first-order valence-corrected chi connectivity index (χ1v) is 6.57. The Labute approximate surface area is 121 Å². The molecule has 0 aliphatic carbocycles. The molecule has 0 radical (unpaired) electrons. The van der Waals surface area contributed by atoms with Crippen LogP contribution in [0.25, 0.3) is 0 Å². The SMILES string of the molecule is CC(O)(Cc1cc(Cl)ccc1Cl)c1ccccc1F. The summed E-state index contributed by atoms with van der Waals surface area (Å²) in [6, 6.07) is 11.2. The molecule has 2 aromatic rings. The molecule has 0 amide bonds. The van der Waals surface area contributed by atoms with E-state index in [0.29, 0.717) is 15.6 Å².